The first-order valence-corrected chi connectivity index (χ1v) is 7.62. The number of aromatic nitrogens is 2. The topological polar surface area (TPSA) is 43.4 Å². The molecule has 3 aromatic rings. The molecular weight excluding hydrogens is 317 g/mol. The molecule has 0 fully saturated rings. The third kappa shape index (κ3) is 4.15. The third-order valence-electron chi connectivity index (χ3n) is 3.42. The second-order valence-electron chi connectivity index (χ2n) is 5.46. The van der Waals surface area contributed by atoms with Crippen LogP contribution in [0.3, 0.4) is 0 Å². The Morgan fingerprint density at radius 1 is 1.13 bits per heavy atom. The van der Waals surface area contributed by atoms with Crippen molar-refractivity contribution in [1.29, 1.82) is 0 Å². The Hall–Kier alpha value is -2.24. The van der Waals surface area contributed by atoms with Gasteiger partial charge in [0.05, 0.1) is 7.05 Å². The third-order valence-corrected chi connectivity index (χ3v) is 3.67. The van der Waals surface area contributed by atoms with Gasteiger partial charge in [-0.2, -0.15) is 4.98 Å². The molecule has 1 N–H and O–H groups in total. The Morgan fingerprint density at radius 2 is 1.91 bits per heavy atom. The fourth-order valence-electron chi connectivity index (χ4n) is 2.36. The van der Waals surface area contributed by atoms with Gasteiger partial charge in [-0.05, 0) is 36.4 Å². The molecule has 0 aliphatic rings. The number of nitrogens with one attached hydrogen (secondary N) is 1. The molecule has 1 unspecified atom stereocenters. The Morgan fingerprint density at radius 3 is 2.65 bits per heavy atom. The summed E-state index contributed by atoms with van der Waals surface area (Å²) in [5.41, 5.74) is 1.78. The summed E-state index contributed by atoms with van der Waals surface area (Å²) in [4.78, 5) is 5.52. The van der Waals surface area contributed by atoms with Crippen LogP contribution in [-0.4, -0.2) is 17.2 Å². The van der Waals surface area contributed by atoms with E-state index in [0.717, 1.165) is 16.0 Å². The number of hydrogen-bond acceptors (Lipinski definition) is 3. The first-order valence-electron chi connectivity index (χ1n) is 7.24. The lowest BCUT2D eigenvalue weighted by Gasteiger charge is -2.11. The Labute approximate surface area is 138 Å². The average molecular weight is 333 g/mol. The highest BCUT2D eigenvalue weighted by Crippen LogP contribution is 2.18. The summed E-state index contributed by atoms with van der Waals surface area (Å²) in [6, 6.07) is 13.9. The zero-order valence-electron chi connectivity index (χ0n) is 12.6. The highest BCUT2D eigenvalue weighted by molar-refractivity contribution is 6.30. The fourth-order valence-corrected chi connectivity index (χ4v) is 2.48. The molecule has 23 heavy (non-hydrogen) atoms. The fraction of sp³-hybridized carbons (Fsp3) is 0.176. The lowest BCUT2D eigenvalue weighted by Crippen LogP contribution is -3.06. The van der Waals surface area contributed by atoms with Gasteiger partial charge in [0.2, 0.25) is 5.82 Å². The molecule has 0 spiro atoms. The molecule has 0 bridgehead atoms. The molecular formula is C17H16ClFN3O+. The molecule has 1 heterocycles. The van der Waals surface area contributed by atoms with Crippen molar-refractivity contribution >= 4 is 11.6 Å². The van der Waals surface area contributed by atoms with Gasteiger partial charge in [0.1, 0.15) is 12.4 Å². The maximum absolute atomic E-state index is 13.2. The van der Waals surface area contributed by atoms with E-state index in [0.29, 0.717) is 29.8 Å². The Kier molecular flexibility index (Phi) is 4.69. The number of halogens is 2. The van der Waals surface area contributed by atoms with E-state index in [9.17, 15) is 4.39 Å². The number of rotatable bonds is 5. The van der Waals surface area contributed by atoms with E-state index in [1.165, 1.54) is 12.1 Å². The zero-order valence-corrected chi connectivity index (χ0v) is 13.3. The van der Waals surface area contributed by atoms with E-state index in [1.807, 2.05) is 25.2 Å². The first-order chi connectivity index (χ1) is 11.1. The van der Waals surface area contributed by atoms with Crippen molar-refractivity contribution in [3.63, 3.8) is 0 Å². The maximum Gasteiger partial charge on any atom is 0.282 e. The van der Waals surface area contributed by atoms with Crippen LogP contribution in [0.1, 0.15) is 11.5 Å². The quantitative estimate of drug-likeness (QED) is 0.781. The van der Waals surface area contributed by atoms with Crippen molar-refractivity contribution in [2.45, 2.75) is 13.1 Å². The van der Waals surface area contributed by atoms with Crippen molar-refractivity contribution in [2.75, 3.05) is 7.05 Å². The van der Waals surface area contributed by atoms with Crippen LogP contribution in [0.25, 0.3) is 11.4 Å². The van der Waals surface area contributed by atoms with Crippen LogP contribution in [0.15, 0.2) is 53.1 Å². The van der Waals surface area contributed by atoms with Crippen molar-refractivity contribution in [1.82, 2.24) is 10.1 Å². The summed E-state index contributed by atoms with van der Waals surface area (Å²) in [6.07, 6.45) is 0. The van der Waals surface area contributed by atoms with Crippen LogP contribution in [0.5, 0.6) is 0 Å². The van der Waals surface area contributed by atoms with Crippen molar-refractivity contribution in [3.05, 3.63) is 70.8 Å². The monoisotopic (exact) mass is 332 g/mol. The molecule has 1 aromatic heterocycles. The van der Waals surface area contributed by atoms with Crippen LogP contribution in [-0.2, 0) is 13.1 Å². The smallest absolute Gasteiger partial charge is 0.282 e. The number of quaternary nitrogens is 1. The summed E-state index contributed by atoms with van der Waals surface area (Å²) in [6.45, 7) is 1.24. The normalized spacial score (nSPS) is 12.3. The standard InChI is InChI=1S/C17H15ClFN3O/c1-22(10-12-3-2-4-15(19)9-12)11-16-20-17(21-23-16)13-5-7-14(18)8-6-13/h2-9H,10-11H2,1H3/p+1. The minimum Gasteiger partial charge on any atom is -0.333 e. The predicted octanol–water partition coefficient (Wildman–Crippen LogP) is 2.74. The van der Waals surface area contributed by atoms with Gasteiger partial charge in [-0.1, -0.05) is 28.9 Å². The highest BCUT2D eigenvalue weighted by atomic mass is 35.5. The highest BCUT2D eigenvalue weighted by Gasteiger charge is 2.13. The maximum atomic E-state index is 13.2. The molecule has 0 radical (unpaired) electrons. The van der Waals surface area contributed by atoms with Gasteiger partial charge in [0.25, 0.3) is 5.89 Å². The molecule has 4 nitrogen and oxygen atoms in total. The van der Waals surface area contributed by atoms with Gasteiger partial charge >= 0.3 is 0 Å². The first kappa shape index (κ1) is 15.6. The molecule has 6 heteroatoms. The van der Waals surface area contributed by atoms with E-state index in [2.05, 4.69) is 10.1 Å². The number of hydrogen-bond donors (Lipinski definition) is 1. The van der Waals surface area contributed by atoms with E-state index < -0.39 is 0 Å². The van der Waals surface area contributed by atoms with Crippen LogP contribution in [0, 0.1) is 5.82 Å². The number of benzene rings is 2. The van der Waals surface area contributed by atoms with Crippen LogP contribution < -0.4 is 4.90 Å². The minimum atomic E-state index is -0.224. The summed E-state index contributed by atoms with van der Waals surface area (Å²) in [7, 11) is 2.00. The molecule has 1 atom stereocenters. The van der Waals surface area contributed by atoms with Gasteiger partial charge in [-0.25, -0.2) is 4.39 Å². The van der Waals surface area contributed by atoms with Crippen molar-refractivity contribution in [2.24, 2.45) is 0 Å². The Bertz CT molecular complexity index is 789. The molecule has 0 aliphatic carbocycles. The molecule has 3 rings (SSSR count). The summed E-state index contributed by atoms with van der Waals surface area (Å²) >= 11 is 5.87. The van der Waals surface area contributed by atoms with Gasteiger partial charge in [-0.15, -0.1) is 0 Å². The van der Waals surface area contributed by atoms with E-state index in [-0.39, 0.29) is 5.82 Å². The largest absolute Gasteiger partial charge is 0.333 e. The van der Waals surface area contributed by atoms with Crippen LogP contribution in [0.4, 0.5) is 4.39 Å². The molecule has 0 saturated carbocycles. The van der Waals surface area contributed by atoms with E-state index >= 15 is 0 Å². The SMILES string of the molecule is C[NH+](Cc1cccc(F)c1)Cc1nc(-c2ccc(Cl)cc2)no1. The molecule has 0 aliphatic heterocycles. The van der Waals surface area contributed by atoms with Crippen molar-refractivity contribution < 1.29 is 13.8 Å². The van der Waals surface area contributed by atoms with Gasteiger partial charge in [0.15, 0.2) is 6.54 Å². The molecule has 118 valence electrons. The molecule has 2 aromatic carbocycles. The van der Waals surface area contributed by atoms with Crippen LogP contribution in [0.2, 0.25) is 5.02 Å². The second kappa shape index (κ2) is 6.89. The van der Waals surface area contributed by atoms with E-state index in [4.69, 9.17) is 16.1 Å². The van der Waals surface area contributed by atoms with E-state index in [1.54, 1.807) is 18.2 Å². The zero-order chi connectivity index (χ0) is 16.2. The van der Waals surface area contributed by atoms with Crippen molar-refractivity contribution in [3.8, 4) is 11.4 Å². The van der Waals surface area contributed by atoms with Gasteiger partial charge in [-0.3, -0.25) is 0 Å². The minimum absolute atomic E-state index is 0.224. The summed E-state index contributed by atoms with van der Waals surface area (Å²) in [5.74, 6) is 0.859. The summed E-state index contributed by atoms with van der Waals surface area (Å²) < 4.78 is 18.5. The molecule has 0 saturated heterocycles. The Balaban J connectivity index is 1.65. The lowest BCUT2D eigenvalue weighted by atomic mass is 10.2. The van der Waals surface area contributed by atoms with Gasteiger partial charge in [0, 0.05) is 16.1 Å². The lowest BCUT2D eigenvalue weighted by molar-refractivity contribution is -0.909. The second-order valence-corrected chi connectivity index (χ2v) is 5.90. The van der Waals surface area contributed by atoms with Gasteiger partial charge < -0.3 is 9.42 Å². The predicted molar refractivity (Wildman–Crippen MR) is 85.4 cm³/mol. The average Bonchev–Trinajstić information content (AvgIpc) is 2.96. The van der Waals surface area contributed by atoms with Crippen LogP contribution >= 0.6 is 11.6 Å². The number of nitrogens with zero attached hydrogens (tertiary/aromatic N) is 2. The molecule has 0 amide bonds. The summed E-state index contributed by atoms with van der Waals surface area (Å²) in [5, 5.41) is 4.65.